The molecule has 0 bridgehead atoms. The molecule has 1 atom stereocenters. The van der Waals surface area contributed by atoms with Crippen molar-refractivity contribution in [2.45, 2.75) is 19.5 Å². The average Bonchev–Trinajstić information content (AvgIpc) is 2.77. The largest absolute Gasteiger partial charge is 0.333 e. The van der Waals surface area contributed by atoms with Crippen LogP contribution in [0.1, 0.15) is 11.9 Å². The normalized spacial score (nSPS) is 20.6. The van der Waals surface area contributed by atoms with Gasteiger partial charge in [0.1, 0.15) is 5.01 Å². The first kappa shape index (κ1) is 11.6. The number of thiazole rings is 1. The van der Waals surface area contributed by atoms with Gasteiger partial charge in [0.15, 0.2) is 0 Å². The fourth-order valence-electron chi connectivity index (χ4n) is 2.20. The number of piperazine rings is 1. The smallest absolute Gasteiger partial charge is 0.239 e. The van der Waals surface area contributed by atoms with Crippen molar-refractivity contribution in [3.05, 3.63) is 29.3 Å². The molecule has 1 aliphatic rings. The molecule has 1 aromatic carbocycles. The molecule has 18 heavy (non-hydrogen) atoms. The summed E-state index contributed by atoms with van der Waals surface area (Å²) in [7, 11) is 0. The number of fused-ring (bicyclic) bond motifs is 1. The van der Waals surface area contributed by atoms with Crippen LogP contribution in [0.25, 0.3) is 10.2 Å². The molecule has 2 heterocycles. The Bertz CT molecular complexity index is 547. The molecule has 0 radical (unpaired) electrons. The fraction of sp³-hybridized carbons (Fsp3) is 0.385. The van der Waals surface area contributed by atoms with Gasteiger partial charge in [-0.3, -0.25) is 4.79 Å². The highest BCUT2D eigenvalue weighted by molar-refractivity contribution is 7.18. The van der Waals surface area contributed by atoms with Crippen molar-refractivity contribution in [3.8, 4) is 0 Å². The van der Waals surface area contributed by atoms with Gasteiger partial charge in [-0.15, -0.1) is 11.3 Å². The molecule has 1 saturated heterocycles. The predicted molar refractivity (Wildman–Crippen MR) is 72.5 cm³/mol. The van der Waals surface area contributed by atoms with Crippen LogP contribution in [-0.4, -0.2) is 34.9 Å². The van der Waals surface area contributed by atoms with Crippen molar-refractivity contribution >= 4 is 27.5 Å². The van der Waals surface area contributed by atoms with Crippen molar-refractivity contribution < 1.29 is 4.79 Å². The van der Waals surface area contributed by atoms with Gasteiger partial charge in [-0.25, -0.2) is 4.98 Å². The number of rotatable bonds is 2. The number of amides is 1. The SMILES string of the molecule is CC1NCCN(Cc2nc3ccccc3s2)C1=O. The van der Waals surface area contributed by atoms with E-state index in [-0.39, 0.29) is 11.9 Å². The van der Waals surface area contributed by atoms with Gasteiger partial charge in [-0.2, -0.15) is 0 Å². The summed E-state index contributed by atoms with van der Waals surface area (Å²) in [5, 5.41) is 4.18. The fourth-order valence-corrected chi connectivity index (χ4v) is 3.18. The zero-order valence-corrected chi connectivity index (χ0v) is 11.0. The third-order valence-corrected chi connectivity index (χ3v) is 4.20. The van der Waals surface area contributed by atoms with E-state index in [4.69, 9.17) is 0 Å². The molecule has 0 spiro atoms. The first-order chi connectivity index (χ1) is 8.74. The van der Waals surface area contributed by atoms with E-state index >= 15 is 0 Å². The minimum atomic E-state index is -0.0758. The van der Waals surface area contributed by atoms with E-state index in [0.717, 1.165) is 23.6 Å². The lowest BCUT2D eigenvalue weighted by Crippen LogP contribution is -2.53. The summed E-state index contributed by atoms with van der Waals surface area (Å²) in [4.78, 5) is 18.4. The molecule has 1 unspecified atom stereocenters. The number of nitrogens with zero attached hydrogens (tertiary/aromatic N) is 2. The van der Waals surface area contributed by atoms with Crippen molar-refractivity contribution in [2.24, 2.45) is 0 Å². The van der Waals surface area contributed by atoms with Crippen LogP contribution in [0.5, 0.6) is 0 Å². The summed E-state index contributed by atoms with van der Waals surface area (Å²) < 4.78 is 1.18. The highest BCUT2D eigenvalue weighted by Gasteiger charge is 2.25. The summed E-state index contributed by atoms with van der Waals surface area (Å²) in [6.07, 6.45) is 0. The van der Waals surface area contributed by atoms with Crippen LogP contribution in [0, 0.1) is 0 Å². The molecule has 1 amide bonds. The van der Waals surface area contributed by atoms with Gasteiger partial charge in [-0.05, 0) is 19.1 Å². The lowest BCUT2D eigenvalue weighted by atomic mass is 10.2. The lowest BCUT2D eigenvalue weighted by molar-refractivity contribution is -0.135. The van der Waals surface area contributed by atoms with E-state index in [9.17, 15) is 4.79 Å². The Morgan fingerprint density at radius 2 is 2.33 bits per heavy atom. The van der Waals surface area contributed by atoms with Crippen LogP contribution in [0.4, 0.5) is 0 Å². The predicted octanol–water partition coefficient (Wildman–Crippen LogP) is 1.62. The minimum Gasteiger partial charge on any atom is -0.333 e. The van der Waals surface area contributed by atoms with Crippen molar-refractivity contribution in [3.63, 3.8) is 0 Å². The molecule has 94 valence electrons. The summed E-state index contributed by atoms with van der Waals surface area (Å²) >= 11 is 1.67. The van der Waals surface area contributed by atoms with Gasteiger partial charge in [0.05, 0.1) is 22.8 Å². The van der Waals surface area contributed by atoms with Crippen molar-refractivity contribution in [1.82, 2.24) is 15.2 Å². The van der Waals surface area contributed by atoms with E-state index in [1.54, 1.807) is 11.3 Å². The number of aromatic nitrogens is 1. The molecule has 4 nitrogen and oxygen atoms in total. The molecular formula is C13H15N3OS. The summed E-state index contributed by atoms with van der Waals surface area (Å²) in [5.74, 6) is 0.167. The first-order valence-electron chi connectivity index (χ1n) is 6.10. The maximum atomic E-state index is 12.0. The average molecular weight is 261 g/mol. The maximum Gasteiger partial charge on any atom is 0.239 e. The number of carbonyl (C=O) groups excluding carboxylic acids is 1. The summed E-state index contributed by atoms with van der Waals surface area (Å²) in [6, 6.07) is 8.01. The van der Waals surface area contributed by atoms with Gasteiger partial charge >= 0.3 is 0 Å². The second-order valence-electron chi connectivity index (χ2n) is 4.51. The zero-order chi connectivity index (χ0) is 12.5. The molecule has 0 saturated carbocycles. The van der Waals surface area contributed by atoms with Crippen LogP contribution in [-0.2, 0) is 11.3 Å². The third kappa shape index (κ3) is 2.11. The van der Waals surface area contributed by atoms with Crippen LogP contribution < -0.4 is 5.32 Å². The minimum absolute atomic E-state index is 0.0758. The van der Waals surface area contributed by atoms with Gasteiger partial charge < -0.3 is 10.2 Å². The Hall–Kier alpha value is -1.46. The van der Waals surface area contributed by atoms with Gasteiger partial charge in [-0.1, -0.05) is 12.1 Å². The first-order valence-corrected chi connectivity index (χ1v) is 6.92. The monoisotopic (exact) mass is 261 g/mol. The third-order valence-electron chi connectivity index (χ3n) is 3.18. The highest BCUT2D eigenvalue weighted by Crippen LogP contribution is 2.23. The molecule has 1 fully saturated rings. The quantitative estimate of drug-likeness (QED) is 0.893. The molecule has 1 N–H and O–H groups in total. The topological polar surface area (TPSA) is 45.2 Å². The number of carbonyl (C=O) groups is 1. The standard InChI is InChI=1S/C13H15N3OS/c1-9-13(17)16(7-6-14-9)8-12-15-10-4-2-3-5-11(10)18-12/h2-5,9,14H,6-8H2,1H3. The van der Waals surface area contributed by atoms with E-state index in [1.165, 1.54) is 4.70 Å². The number of benzene rings is 1. The maximum absolute atomic E-state index is 12.0. The second kappa shape index (κ2) is 4.66. The van der Waals surface area contributed by atoms with E-state index in [2.05, 4.69) is 16.4 Å². The molecule has 1 aromatic heterocycles. The molecule has 5 heteroatoms. The summed E-state index contributed by atoms with van der Waals surface area (Å²) in [5.41, 5.74) is 1.02. The number of nitrogens with one attached hydrogen (secondary N) is 1. The molecule has 1 aliphatic heterocycles. The molecule has 0 aliphatic carbocycles. The van der Waals surface area contributed by atoms with Crippen LogP contribution in [0.2, 0.25) is 0 Å². The van der Waals surface area contributed by atoms with E-state index in [0.29, 0.717) is 6.54 Å². The van der Waals surface area contributed by atoms with Crippen LogP contribution in [0.3, 0.4) is 0 Å². The number of para-hydroxylation sites is 1. The Morgan fingerprint density at radius 3 is 3.17 bits per heavy atom. The lowest BCUT2D eigenvalue weighted by Gasteiger charge is -2.30. The Kier molecular flexibility index (Phi) is 3.01. The highest BCUT2D eigenvalue weighted by atomic mass is 32.1. The molecule has 3 rings (SSSR count). The zero-order valence-electron chi connectivity index (χ0n) is 10.2. The Labute approximate surface area is 110 Å². The van der Waals surface area contributed by atoms with Gasteiger partial charge in [0.25, 0.3) is 0 Å². The number of hydrogen-bond donors (Lipinski definition) is 1. The van der Waals surface area contributed by atoms with E-state index < -0.39 is 0 Å². The van der Waals surface area contributed by atoms with Crippen molar-refractivity contribution in [2.75, 3.05) is 13.1 Å². The Balaban J connectivity index is 1.81. The molecule has 2 aromatic rings. The van der Waals surface area contributed by atoms with Crippen LogP contribution in [0.15, 0.2) is 24.3 Å². The van der Waals surface area contributed by atoms with E-state index in [1.807, 2.05) is 30.0 Å². The molecular weight excluding hydrogens is 246 g/mol. The summed E-state index contributed by atoms with van der Waals surface area (Å²) in [6.45, 7) is 4.16. The number of hydrogen-bond acceptors (Lipinski definition) is 4. The van der Waals surface area contributed by atoms with Crippen molar-refractivity contribution in [1.29, 1.82) is 0 Å². The van der Waals surface area contributed by atoms with Gasteiger partial charge in [0, 0.05) is 13.1 Å². The second-order valence-corrected chi connectivity index (χ2v) is 5.63. The van der Waals surface area contributed by atoms with Gasteiger partial charge in [0.2, 0.25) is 5.91 Å². The Morgan fingerprint density at radius 1 is 1.50 bits per heavy atom. The van der Waals surface area contributed by atoms with Crippen LogP contribution >= 0.6 is 11.3 Å².